The van der Waals surface area contributed by atoms with E-state index in [1.807, 2.05) is 11.3 Å². The number of nitrogens with zero attached hydrogens (tertiary/aromatic N) is 4. The summed E-state index contributed by atoms with van der Waals surface area (Å²) in [6.45, 7) is 3.47. The van der Waals surface area contributed by atoms with Gasteiger partial charge in [-0.3, -0.25) is 4.40 Å². The first-order chi connectivity index (χ1) is 8.25. The van der Waals surface area contributed by atoms with Crippen LogP contribution in [0, 0.1) is 6.92 Å². The molecule has 1 aliphatic rings. The smallest absolute Gasteiger partial charge is 0.165 e. The van der Waals surface area contributed by atoms with Gasteiger partial charge in [0.2, 0.25) is 0 Å². The van der Waals surface area contributed by atoms with Crippen molar-refractivity contribution in [2.24, 2.45) is 0 Å². The fraction of sp³-hybridized carbons (Fsp3) is 0.545. The number of aromatic nitrogens is 4. The van der Waals surface area contributed by atoms with Gasteiger partial charge in [-0.1, -0.05) is 11.6 Å². The second-order valence-electron chi connectivity index (χ2n) is 4.29. The van der Waals surface area contributed by atoms with E-state index in [1.54, 1.807) is 6.07 Å². The van der Waals surface area contributed by atoms with Crippen LogP contribution < -0.4 is 0 Å². The zero-order valence-corrected chi connectivity index (χ0v) is 10.3. The number of hydrogen-bond donors (Lipinski definition) is 0. The quantitative estimate of drug-likeness (QED) is 0.729. The number of rotatable bonds is 1. The van der Waals surface area contributed by atoms with Crippen LogP contribution in [0.15, 0.2) is 6.07 Å². The van der Waals surface area contributed by atoms with Gasteiger partial charge in [0.1, 0.15) is 16.8 Å². The number of hydrogen-bond acceptors (Lipinski definition) is 4. The topological polar surface area (TPSA) is 52.3 Å². The molecule has 0 amide bonds. The van der Waals surface area contributed by atoms with Gasteiger partial charge >= 0.3 is 0 Å². The molecule has 0 spiro atoms. The van der Waals surface area contributed by atoms with E-state index in [0.717, 1.165) is 36.7 Å². The van der Waals surface area contributed by atoms with Crippen LogP contribution >= 0.6 is 11.6 Å². The average molecular weight is 253 g/mol. The summed E-state index contributed by atoms with van der Waals surface area (Å²) in [4.78, 5) is 4.24. The van der Waals surface area contributed by atoms with Gasteiger partial charge in [-0.15, -0.1) is 10.2 Å². The highest BCUT2D eigenvalue weighted by Crippen LogP contribution is 2.25. The van der Waals surface area contributed by atoms with E-state index in [9.17, 15) is 0 Å². The molecule has 1 aliphatic heterocycles. The van der Waals surface area contributed by atoms with Gasteiger partial charge in [-0.05, 0) is 19.8 Å². The molecule has 0 N–H and O–H groups in total. The molecule has 90 valence electrons. The minimum Gasteiger partial charge on any atom is -0.381 e. The van der Waals surface area contributed by atoms with Gasteiger partial charge in [-0.2, -0.15) is 0 Å². The van der Waals surface area contributed by atoms with Crippen LogP contribution in [0.2, 0.25) is 5.15 Å². The summed E-state index contributed by atoms with van der Waals surface area (Å²) in [6.07, 6.45) is 2.16. The first-order valence-electron chi connectivity index (χ1n) is 5.71. The summed E-state index contributed by atoms with van der Waals surface area (Å²) in [6, 6.07) is 1.73. The summed E-state index contributed by atoms with van der Waals surface area (Å²) in [5, 5.41) is 8.86. The normalized spacial score (nSPS) is 20.9. The minimum absolute atomic E-state index is 0.306. The van der Waals surface area contributed by atoms with E-state index in [4.69, 9.17) is 16.3 Å². The lowest BCUT2D eigenvalue weighted by Crippen LogP contribution is -2.18. The SMILES string of the molecule is Cc1nc(Cl)cc2nnc(C3CCCOC3)n12. The Morgan fingerprint density at radius 1 is 1.47 bits per heavy atom. The molecule has 5 nitrogen and oxygen atoms in total. The van der Waals surface area contributed by atoms with Crippen LogP contribution in [-0.4, -0.2) is 32.8 Å². The lowest BCUT2D eigenvalue weighted by Gasteiger charge is -2.20. The molecule has 1 saturated heterocycles. The highest BCUT2D eigenvalue weighted by Gasteiger charge is 2.22. The van der Waals surface area contributed by atoms with Crippen LogP contribution in [0.25, 0.3) is 5.65 Å². The summed E-state index contributed by atoms with van der Waals surface area (Å²) >= 11 is 5.90. The molecule has 0 radical (unpaired) electrons. The third-order valence-corrected chi connectivity index (χ3v) is 3.27. The fourth-order valence-electron chi connectivity index (χ4n) is 2.29. The summed E-state index contributed by atoms with van der Waals surface area (Å²) in [7, 11) is 0. The van der Waals surface area contributed by atoms with Crippen molar-refractivity contribution in [2.45, 2.75) is 25.7 Å². The van der Waals surface area contributed by atoms with E-state index in [0.29, 0.717) is 17.7 Å². The van der Waals surface area contributed by atoms with Gasteiger partial charge in [0.15, 0.2) is 5.65 Å². The van der Waals surface area contributed by atoms with Crippen LogP contribution in [0.5, 0.6) is 0 Å². The maximum absolute atomic E-state index is 5.90. The molecular weight excluding hydrogens is 240 g/mol. The van der Waals surface area contributed by atoms with Crippen LogP contribution in [0.1, 0.15) is 30.4 Å². The van der Waals surface area contributed by atoms with Crippen molar-refractivity contribution in [3.05, 3.63) is 22.9 Å². The van der Waals surface area contributed by atoms with Crippen molar-refractivity contribution in [1.29, 1.82) is 0 Å². The van der Waals surface area contributed by atoms with Crippen LogP contribution in [-0.2, 0) is 4.74 Å². The molecule has 2 aromatic heterocycles. The Morgan fingerprint density at radius 3 is 3.12 bits per heavy atom. The summed E-state index contributed by atoms with van der Waals surface area (Å²) in [5.74, 6) is 2.06. The van der Waals surface area contributed by atoms with Crippen molar-refractivity contribution in [2.75, 3.05) is 13.2 Å². The molecule has 17 heavy (non-hydrogen) atoms. The maximum Gasteiger partial charge on any atom is 0.165 e. The van der Waals surface area contributed by atoms with Crippen LogP contribution in [0.3, 0.4) is 0 Å². The molecule has 0 aliphatic carbocycles. The van der Waals surface area contributed by atoms with E-state index >= 15 is 0 Å². The molecule has 6 heteroatoms. The molecule has 0 bridgehead atoms. The molecule has 3 rings (SSSR count). The molecular formula is C11H13ClN4O. The minimum atomic E-state index is 0.306. The lowest BCUT2D eigenvalue weighted by molar-refractivity contribution is 0.0777. The summed E-state index contributed by atoms with van der Waals surface area (Å²) in [5.41, 5.74) is 0.753. The van der Waals surface area contributed by atoms with E-state index in [1.165, 1.54) is 0 Å². The molecule has 0 aromatic carbocycles. The van der Waals surface area contributed by atoms with Gasteiger partial charge in [0, 0.05) is 18.6 Å². The van der Waals surface area contributed by atoms with Gasteiger partial charge in [-0.25, -0.2) is 4.98 Å². The van der Waals surface area contributed by atoms with E-state index in [2.05, 4.69) is 15.2 Å². The fourth-order valence-corrected chi connectivity index (χ4v) is 2.51. The Hall–Kier alpha value is -1.20. The standard InChI is InChI=1S/C11H13ClN4O/c1-7-13-9(12)5-10-14-15-11(16(7)10)8-3-2-4-17-6-8/h5,8H,2-4,6H2,1H3. The predicted octanol–water partition coefficient (Wildman–Crippen LogP) is 1.98. The maximum atomic E-state index is 5.90. The molecule has 0 saturated carbocycles. The zero-order chi connectivity index (χ0) is 11.8. The Bertz CT molecular complexity index is 548. The predicted molar refractivity (Wildman–Crippen MR) is 63.3 cm³/mol. The molecule has 1 unspecified atom stereocenters. The van der Waals surface area contributed by atoms with Crippen LogP contribution in [0.4, 0.5) is 0 Å². The lowest BCUT2D eigenvalue weighted by atomic mass is 10.0. The van der Waals surface area contributed by atoms with E-state index in [-0.39, 0.29) is 0 Å². The number of halogens is 1. The van der Waals surface area contributed by atoms with Crippen molar-refractivity contribution in [3.8, 4) is 0 Å². The van der Waals surface area contributed by atoms with Gasteiger partial charge < -0.3 is 4.74 Å². The number of ether oxygens (including phenoxy) is 1. The Labute approximate surface area is 104 Å². The molecule has 3 heterocycles. The Kier molecular flexibility index (Phi) is 2.72. The first kappa shape index (κ1) is 10.9. The molecule has 1 atom stereocenters. The first-order valence-corrected chi connectivity index (χ1v) is 6.09. The highest BCUT2D eigenvalue weighted by molar-refractivity contribution is 6.29. The monoisotopic (exact) mass is 252 g/mol. The Morgan fingerprint density at radius 2 is 2.35 bits per heavy atom. The third kappa shape index (κ3) is 1.89. The Balaban J connectivity index is 2.10. The third-order valence-electron chi connectivity index (χ3n) is 3.08. The number of fused-ring (bicyclic) bond motifs is 1. The van der Waals surface area contributed by atoms with E-state index < -0.39 is 0 Å². The molecule has 1 fully saturated rings. The highest BCUT2D eigenvalue weighted by atomic mass is 35.5. The van der Waals surface area contributed by atoms with Gasteiger partial charge in [0.05, 0.1) is 6.61 Å². The molecule has 2 aromatic rings. The largest absolute Gasteiger partial charge is 0.381 e. The summed E-state index contributed by atoms with van der Waals surface area (Å²) < 4.78 is 7.45. The van der Waals surface area contributed by atoms with Crippen molar-refractivity contribution < 1.29 is 4.74 Å². The zero-order valence-electron chi connectivity index (χ0n) is 9.56. The average Bonchev–Trinajstić information content (AvgIpc) is 2.74. The number of aryl methyl sites for hydroxylation is 1. The second kappa shape index (κ2) is 4.23. The van der Waals surface area contributed by atoms with Crippen molar-refractivity contribution in [1.82, 2.24) is 19.6 Å². The van der Waals surface area contributed by atoms with Crippen molar-refractivity contribution in [3.63, 3.8) is 0 Å². The second-order valence-corrected chi connectivity index (χ2v) is 4.68. The van der Waals surface area contributed by atoms with Crippen molar-refractivity contribution >= 4 is 17.2 Å². The van der Waals surface area contributed by atoms with Gasteiger partial charge in [0.25, 0.3) is 0 Å².